The SMILES string of the molecule is C=C(/C=C(\N)c1ccccc1)c1ccccc1C(N)=O. The predicted molar refractivity (Wildman–Crippen MR) is 82.6 cm³/mol. The van der Waals surface area contributed by atoms with Crippen molar-refractivity contribution in [2.75, 3.05) is 0 Å². The van der Waals surface area contributed by atoms with Gasteiger partial charge in [0.25, 0.3) is 0 Å². The first-order valence-corrected chi connectivity index (χ1v) is 6.20. The minimum Gasteiger partial charge on any atom is -0.398 e. The Kier molecular flexibility index (Phi) is 4.01. The van der Waals surface area contributed by atoms with Crippen molar-refractivity contribution in [3.05, 3.63) is 83.9 Å². The summed E-state index contributed by atoms with van der Waals surface area (Å²) in [6.45, 7) is 3.97. The molecular formula is C17H16N2O. The Morgan fingerprint density at radius 2 is 1.45 bits per heavy atom. The third-order valence-corrected chi connectivity index (χ3v) is 2.98. The maximum absolute atomic E-state index is 11.4. The van der Waals surface area contributed by atoms with E-state index in [1.54, 1.807) is 24.3 Å². The van der Waals surface area contributed by atoms with E-state index < -0.39 is 5.91 Å². The molecule has 0 saturated carbocycles. The summed E-state index contributed by atoms with van der Waals surface area (Å²) >= 11 is 0. The maximum atomic E-state index is 11.4. The van der Waals surface area contributed by atoms with Crippen LogP contribution in [0.15, 0.2) is 67.3 Å². The third kappa shape index (κ3) is 2.95. The van der Waals surface area contributed by atoms with Gasteiger partial charge in [0.15, 0.2) is 0 Å². The van der Waals surface area contributed by atoms with Gasteiger partial charge < -0.3 is 11.5 Å². The van der Waals surface area contributed by atoms with Crippen molar-refractivity contribution in [1.29, 1.82) is 0 Å². The van der Waals surface area contributed by atoms with Crippen LogP contribution in [0.1, 0.15) is 21.5 Å². The highest BCUT2D eigenvalue weighted by Crippen LogP contribution is 2.21. The lowest BCUT2D eigenvalue weighted by Gasteiger charge is -2.08. The van der Waals surface area contributed by atoms with Gasteiger partial charge in [0.1, 0.15) is 0 Å². The number of hydrogen-bond acceptors (Lipinski definition) is 2. The second kappa shape index (κ2) is 5.89. The highest BCUT2D eigenvalue weighted by atomic mass is 16.1. The zero-order chi connectivity index (χ0) is 14.5. The lowest BCUT2D eigenvalue weighted by atomic mass is 9.98. The molecule has 0 aliphatic rings. The highest BCUT2D eigenvalue weighted by Gasteiger charge is 2.09. The summed E-state index contributed by atoms with van der Waals surface area (Å²) in [6.07, 6.45) is 1.75. The van der Waals surface area contributed by atoms with Gasteiger partial charge in [-0.3, -0.25) is 4.79 Å². The Balaban J connectivity index is 2.36. The molecule has 0 aliphatic heterocycles. The lowest BCUT2D eigenvalue weighted by molar-refractivity contribution is 0.1000. The molecule has 2 aromatic carbocycles. The Morgan fingerprint density at radius 3 is 2.05 bits per heavy atom. The quantitative estimate of drug-likeness (QED) is 0.834. The van der Waals surface area contributed by atoms with E-state index in [1.165, 1.54) is 0 Å². The number of hydrogen-bond donors (Lipinski definition) is 2. The van der Waals surface area contributed by atoms with E-state index in [9.17, 15) is 4.79 Å². The molecule has 0 radical (unpaired) electrons. The van der Waals surface area contributed by atoms with Gasteiger partial charge in [-0.25, -0.2) is 0 Å². The Morgan fingerprint density at radius 1 is 0.900 bits per heavy atom. The molecule has 2 rings (SSSR count). The van der Waals surface area contributed by atoms with Gasteiger partial charge in [0.2, 0.25) is 5.91 Å². The molecule has 0 spiro atoms. The maximum Gasteiger partial charge on any atom is 0.249 e. The van der Waals surface area contributed by atoms with Crippen LogP contribution in [0.25, 0.3) is 11.3 Å². The molecule has 0 atom stereocenters. The van der Waals surface area contributed by atoms with Gasteiger partial charge in [0.05, 0.1) is 0 Å². The van der Waals surface area contributed by atoms with Crippen LogP contribution in [-0.2, 0) is 0 Å². The molecule has 0 fully saturated rings. The number of benzene rings is 2. The summed E-state index contributed by atoms with van der Waals surface area (Å²) in [5, 5.41) is 0. The van der Waals surface area contributed by atoms with E-state index in [1.807, 2.05) is 36.4 Å². The first-order valence-electron chi connectivity index (χ1n) is 6.20. The number of amides is 1. The average molecular weight is 264 g/mol. The van der Waals surface area contributed by atoms with E-state index in [0.29, 0.717) is 22.4 Å². The summed E-state index contributed by atoms with van der Waals surface area (Å²) < 4.78 is 0. The summed E-state index contributed by atoms with van der Waals surface area (Å²) in [6, 6.07) is 16.7. The van der Waals surface area contributed by atoms with Crippen molar-refractivity contribution < 1.29 is 4.79 Å². The van der Waals surface area contributed by atoms with Gasteiger partial charge in [-0.05, 0) is 28.8 Å². The number of nitrogens with two attached hydrogens (primary N) is 2. The van der Waals surface area contributed by atoms with Crippen LogP contribution in [0.5, 0.6) is 0 Å². The molecule has 100 valence electrons. The molecule has 1 amide bonds. The second-order valence-electron chi connectivity index (χ2n) is 4.40. The first-order chi connectivity index (χ1) is 9.59. The van der Waals surface area contributed by atoms with E-state index in [0.717, 1.165) is 5.56 Å². The monoisotopic (exact) mass is 264 g/mol. The van der Waals surface area contributed by atoms with Gasteiger partial charge in [-0.2, -0.15) is 0 Å². The molecule has 4 N–H and O–H groups in total. The van der Waals surface area contributed by atoms with Crippen molar-refractivity contribution in [2.45, 2.75) is 0 Å². The average Bonchev–Trinajstić information content (AvgIpc) is 2.48. The third-order valence-electron chi connectivity index (χ3n) is 2.98. The highest BCUT2D eigenvalue weighted by molar-refractivity contribution is 5.99. The fraction of sp³-hybridized carbons (Fsp3) is 0. The summed E-state index contributed by atoms with van der Waals surface area (Å²) in [7, 11) is 0. The standard InChI is InChI=1S/C17H16N2O/c1-12(11-16(18)13-7-3-2-4-8-13)14-9-5-6-10-15(14)17(19)20/h2-11H,1,18H2,(H2,19,20)/b16-11-. The Hall–Kier alpha value is -2.81. The molecule has 3 heteroatoms. The zero-order valence-corrected chi connectivity index (χ0v) is 11.0. The molecule has 2 aromatic rings. The number of primary amides is 1. The minimum atomic E-state index is -0.478. The molecular weight excluding hydrogens is 248 g/mol. The second-order valence-corrected chi connectivity index (χ2v) is 4.40. The predicted octanol–water partition coefficient (Wildman–Crippen LogP) is 2.80. The smallest absolute Gasteiger partial charge is 0.249 e. The van der Waals surface area contributed by atoms with E-state index in [2.05, 4.69) is 6.58 Å². The van der Waals surface area contributed by atoms with E-state index >= 15 is 0 Å². The van der Waals surface area contributed by atoms with Crippen molar-refractivity contribution in [3.8, 4) is 0 Å². The molecule has 3 nitrogen and oxygen atoms in total. The number of allylic oxidation sites excluding steroid dienone is 2. The molecule has 20 heavy (non-hydrogen) atoms. The number of rotatable bonds is 4. The fourth-order valence-corrected chi connectivity index (χ4v) is 1.96. The fourth-order valence-electron chi connectivity index (χ4n) is 1.96. The van der Waals surface area contributed by atoms with Crippen molar-refractivity contribution in [1.82, 2.24) is 0 Å². The van der Waals surface area contributed by atoms with Crippen LogP contribution >= 0.6 is 0 Å². The van der Waals surface area contributed by atoms with Crippen LogP contribution in [0.3, 0.4) is 0 Å². The zero-order valence-electron chi connectivity index (χ0n) is 11.0. The number of carbonyl (C=O) groups is 1. The van der Waals surface area contributed by atoms with Gasteiger partial charge in [0, 0.05) is 11.3 Å². The van der Waals surface area contributed by atoms with Gasteiger partial charge in [-0.15, -0.1) is 0 Å². The van der Waals surface area contributed by atoms with E-state index in [4.69, 9.17) is 11.5 Å². The molecule has 0 heterocycles. The minimum absolute atomic E-state index is 0.439. The Bertz CT molecular complexity index is 672. The van der Waals surface area contributed by atoms with Gasteiger partial charge in [-0.1, -0.05) is 55.1 Å². The molecule has 0 aromatic heterocycles. The molecule has 0 saturated heterocycles. The van der Waals surface area contributed by atoms with Crippen LogP contribution in [0.4, 0.5) is 0 Å². The van der Waals surface area contributed by atoms with Crippen LogP contribution < -0.4 is 11.5 Å². The van der Waals surface area contributed by atoms with Crippen LogP contribution in [-0.4, -0.2) is 5.91 Å². The number of carbonyl (C=O) groups excluding carboxylic acids is 1. The lowest BCUT2D eigenvalue weighted by Crippen LogP contribution is -2.13. The van der Waals surface area contributed by atoms with Crippen LogP contribution in [0, 0.1) is 0 Å². The summed E-state index contributed by atoms with van der Waals surface area (Å²) in [5.74, 6) is -0.478. The van der Waals surface area contributed by atoms with E-state index in [-0.39, 0.29) is 0 Å². The summed E-state index contributed by atoms with van der Waals surface area (Å²) in [5.41, 5.74) is 14.7. The topological polar surface area (TPSA) is 69.1 Å². The Labute approximate surface area is 118 Å². The first kappa shape index (κ1) is 13.6. The van der Waals surface area contributed by atoms with Gasteiger partial charge >= 0.3 is 0 Å². The van der Waals surface area contributed by atoms with Crippen molar-refractivity contribution in [2.24, 2.45) is 11.5 Å². The molecule has 0 bridgehead atoms. The van der Waals surface area contributed by atoms with Crippen LogP contribution in [0.2, 0.25) is 0 Å². The normalized spacial score (nSPS) is 11.1. The van der Waals surface area contributed by atoms with Crippen molar-refractivity contribution in [3.63, 3.8) is 0 Å². The largest absolute Gasteiger partial charge is 0.398 e. The van der Waals surface area contributed by atoms with Crippen molar-refractivity contribution >= 4 is 17.2 Å². The molecule has 0 aliphatic carbocycles. The molecule has 0 unspecified atom stereocenters. The summed E-state index contributed by atoms with van der Waals surface area (Å²) in [4.78, 5) is 11.4.